The van der Waals surface area contributed by atoms with Crippen molar-refractivity contribution in [3.05, 3.63) is 35.7 Å². The van der Waals surface area contributed by atoms with E-state index in [-0.39, 0.29) is 5.89 Å². The van der Waals surface area contributed by atoms with Gasteiger partial charge in [-0.05, 0) is 67.9 Å². The largest absolute Gasteiger partial charge is 0.496 e. The van der Waals surface area contributed by atoms with Gasteiger partial charge in [0.2, 0.25) is 0 Å². The zero-order chi connectivity index (χ0) is 21.6. The van der Waals surface area contributed by atoms with Crippen molar-refractivity contribution in [2.24, 2.45) is 5.41 Å². The number of nitrogens with zero attached hydrogens (tertiary/aromatic N) is 4. The van der Waals surface area contributed by atoms with Crippen LogP contribution in [0.15, 0.2) is 28.8 Å². The predicted molar refractivity (Wildman–Crippen MR) is 122 cm³/mol. The molecule has 0 bridgehead atoms. The number of methoxy groups -OCH3 is 1. The molecule has 2 saturated heterocycles. The monoisotopic (exact) mass is 484 g/mol. The topological polar surface area (TPSA) is 54.6 Å². The molecule has 6 nitrogen and oxygen atoms in total. The third-order valence-electron chi connectivity index (χ3n) is 7.29. The molecule has 1 aliphatic carbocycles. The van der Waals surface area contributed by atoms with Crippen LogP contribution in [0.2, 0.25) is 0 Å². The van der Waals surface area contributed by atoms with Crippen molar-refractivity contribution >= 4 is 40.8 Å². The fourth-order valence-electron chi connectivity index (χ4n) is 5.72. The highest BCUT2D eigenvalue weighted by molar-refractivity contribution is 6.66. The lowest BCUT2D eigenvalue weighted by atomic mass is 9.78. The van der Waals surface area contributed by atoms with Gasteiger partial charge in [0.15, 0.2) is 0 Å². The molecule has 1 saturated carbocycles. The van der Waals surface area contributed by atoms with Crippen molar-refractivity contribution in [2.45, 2.75) is 47.9 Å². The van der Waals surface area contributed by atoms with Crippen molar-refractivity contribution in [2.75, 3.05) is 38.2 Å². The summed E-state index contributed by atoms with van der Waals surface area (Å²) in [5, 5.41) is 3.99. The fourth-order valence-corrected chi connectivity index (χ4v) is 5.95. The lowest BCUT2D eigenvalue weighted by Gasteiger charge is -2.48. The van der Waals surface area contributed by atoms with E-state index in [0.29, 0.717) is 23.3 Å². The zero-order valence-electron chi connectivity index (χ0n) is 17.6. The number of ether oxygens (including phenoxy) is 1. The first-order chi connectivity index (χ1) is 14.9. The molecule has 1 aromatic heterocycles. The number of para-hydroxylation sites is 1. The summed E-state index contributed by atoms with van der Waals surface area (Å²) in [7, 11) is 1.76. The van der Waals surface area contributed by atoms with Gasteiger partial charge in [0.25, 0.3) is 15.6 Å². The van der Waals surface area contributed by atoms with E-state index >= 15 is 0 Å². The summed E-state index contributed by atoms with van der Waals surface area (Å²) in [6.45, 7) is 4.20. The van der Waals surface area contributed by atoms with Gasteiger partial charge in [0.1, 0.15) is 5.75 Å². The van der Waals surface area contributed by atoms with E-state index in [9.17, 15) is 0 Å². The number of anilines is 1. The average Bonchev–Trinajstić information content (AvgIpc) is 3.40. The Hall–Kier alpha value is -1.21. The molecule has 1 aromatic carbocycles. The van der Waals surface area contributed by atoms with Crippen LogP contribution in [-0.4, -0.2) is 54.4 Å². The molecule has 3 aliphatic rings. The SMILES string of the molecule is COc1ccccc1C1CCN(C2CCC3(C2)CN(c2noc(C(Cl)(Cl)Cl)n2)C3)CC1. The molecule has 168 valence electrons. The number of benzene rings is 1. The third-order valence-corrected chi connectivity index (χ3v) is 7.78. The molecule has 1 spiro atoms. The van der Waals surface area contributed by atoms with Crippen LogP contribution in [0.3, 0.4) is 0 Å². The quantitative estimate of drug-likeness (QED) is 0.559. The number of hydrogen-bond acceptors (Lipinski definition) is 6. The number of likely N-dealkylation sites (tertiary alicyclic amines) is 1. The predicted octanol–water partition coefficient (Wildman–Crippen LogP) is 5.14. The van der Waals surface area contributed by atoms with E-state index < -0.39 is 3.79 Å². The summed E-state index contributed by atoms with van der Waals surface area (Å²) >= 11 is 17.5. The average molecular weight is 486 g/mol. The number of piperidine rings is 1. The molecule has 0 N–H and O–H groups in total. The first-order valence-corrected chi connectivity index (χ1v) is 12.0. The summed E-state index contributed by atoms with van der Waals surface area (Å²) in [4.78, 5) is 9.08. The third kappa shape index (κ3) is 4.24. The van der Waals surface area contributed by atoms with Crippen LogP contribution in [0.25, 0.3) is 0 Å². The van der Waals surface area contributed by atoms with Crippen LogP contribution in [0, 0.1) is 5.41 Å². The standard InChI is InChI=1S/C22H27Cl3N4O2/c1-30-18-5-3-2-4-17(18)15-7-10-28(11-8-15)16-6-9-21(12-16)13-29(14-21)20-26-19(31-27-20)22(23,24)25/h2-5,15-16H,6-14H2,1H3. The highest BCUT2D eigenvalue weighted by atomic mass is 35.6. The highest BCUT2D eigenvalue weighted by Gasteiger charge is 2.50. The molecule has 1 atom stereocenters. The van der Waals surface area contributed by atoms with E-state index in [1.54, 1.807) is 7.11 Å². The van der Waals surface area contributed by atoms with Gasteiger partial charge in [-0.15, -0.1) is 0 Å². The van der Waals surface area contributed by atoms with Crippen molar-refractivity contribution in [3.8, 4) is 5.75 Å². The van der Waals surface area contributed by atoms with Crippen LogP contribution in [0.4, 0.5) is 5.95 Å². The molecule has 5 rings (SSSR count). The Labute approximate surface area is 197 Å². The van der Waals surface area contributed by atoms with Gasteiger partial charge in [0, 0.05) is 24.5 Å². The Morgan fingerprint density at radius 1 is 1.13 bits per heavy atom. The summed E-state index contributed by atoms with van der Waals surface area (Å²) < 4.78 is 9.01. The van der Waals surface area contributed by atoms with E-state index in [1.165, 1.54) is 37.7 Å². The Balaban J connectivity index is 1.14. The first-order valence-electron chi connectivity index (χ1n) is 10.9. The van der Waals surface area contributed by atoms with E-state index in [0.717, 1.165) is 31.9 Å². The summed E-state index contributed by atoms with van der Waals surface area (Å²) in [5.41, 5.74) is 1.71. The molecule has 3 fully saturated rings. The summed E-state index contributed by atoms with van der Waals surface area (Å²) in [6, 6.07) is 9.13. The van der Waals surface area contributed by atoms with Gasteiger partial charge >= 0.3 is 0 Å². The molecule has 2 aliphatic heterocycles. The van der Waals surface area contributed by atoms with Crippen LogP contribution in [0.5, 0.6) is 5.75 Å². The van der Waals surface area contributed by atoms with Gasteiger partial charge in [0.05, 0.1) is 7.11 Å². The normalized spacial score (nSPS) is 24.5. The minimum atomic E-state index is -1.68. The fraction of sp³-hybridized carbons (Fsp3) is 0.636. The Kier molecular flexibility index (Phi) is 5.78. The van der Waals surface area contributed by atoms with Crippen LogP contribution >= 0.6 is 34.8 Å². The number of rotatable bonds is 4. The second-order valence-corrected chi connectivity index (χ2v) is 11.5. The molecule has 2 aromatic rings. The Morgan fingerprint density at radius 3 is 2.55 bits per heavy atom. The van der Waals surface area contributed by atoms with Crippen LogP contribution in [-0.2, 0) is 3.79 Å². The van der Waals surface area contributed by atoms with E-state index in [2.05, 4.69) is 38.1 Å². The van der Waals surface area contributed by atoms with E-state index in [4.69, 9.17) is 44.1 Å². The lowest BCUT2D eigenvalue weighted by molar-refractivity contribution is 0.131. The molecule has 0 amide bonds. The molecular formula is C22H27Cl3N4O2. The van der Waals surface area contributed by atoms with Crippen molar-refractivity contribution in [1.29, 1.82) is 0 Å². The van der Waals surface area contributed by atoms with E-state index in [1.807, 2.05) is 6.07 Å². The maximum absolute atomic E-state index is 5.83. The van der Waals surface area contributed by atoms with Gasteiger partial charge < -0.3 is 19.1 Å². The maximum atomic E-state index is 5.83. The number of alkyl halides is 3. The van der Waals surface area contributed by atoms with Gasteiger partial charge in [-0.1, -0.05) is 53.0 Å². The molecule has 3 heterocycles. The minimum absolute atomic E-state index is 0.0238. The highest BCUT2D eigenvalue weighted by Crippen LogP contribution is 2.49. The molecule has 0 radical (unpaired) electrons. The van der Waals surface area contributed by atoms with Crippen molar-refractivity contribution < 1.29 is 9.26 Å². The lowest BCUT2D eigenvalue weighted by Crippen LogP contribution is -2.56. The molecular weight excluding hydrogens is 459 g/mol. The van der Waals surface area contributed by atoms with Crippen molar-refractivity contribution in [1.82, 2.24) is 15.0 Å². The summed E-state index contributed by atoms with van der Waals surface area (Å²) in [5.74, 6) is 2.16. The van der Waals surface area contributed by atoms with Crippen molar-refractivity contribution in [3.63, 3.8) is 0 Å². The molecule has 9 heteroatoms. The minimum Gasteiger partial charge on any atom is -0.496 e. The molecule has 1 unspecified atom stereocenters. The maximum Gasteiger partial charge on any atom is 0.280 e. The van der Waals surface area contributed by atoms with Gasteiger partial charge in [-0.3, -0.25) is 0 Å². The number of halogens is 3. The second kappa shape index (κ2) is 8.29. The Morgan fingerprint density at radius 2 is 1.87 bits per heavy atom. The first kappa shape index (κ1) is 21.6. The molecule has 31 heavy (non-hydrogen) atoms. The smallest absolute Gasteiger partial charge is 0.280 e. The van der Waals surface area contributed by atoms with Crippen LogP contribution in [0.1, 0.15) is 49.5 Å². The number of hydrogen-bond donors (Lipinski definition) is 0. The second-order valence-electron chi connectivity index (χ2n) is 9.20. The number of aromatic nitrogens is 2. The Bertz CT molecular complexity index is 917. The van der Waals surface area contributed by atoms with Gasteiger partial charge in [-0.2, -0.15) is 4.98 Å². The summed E-state index contributed by atoms with van der Waals surface area (Å²) in [6.07, 6.45) is 6.13. The van der Waals surface area contributed by atoms with Gasteiger partial charge in [-0.25, -0.2) is 0 Å². The zero-order valence-corrected chi connectivity index (χ0v) is 19.8. The van der Waals surface area contributed by atoms with Crippen LogP contribution < -0.4 is 9.64 Å².